The number of nitrogens with zero attached hydrogens (tertiary/aromatic N) is 2. The molecule has 0 saturated heterocycles. The predicted molar refractivity (Wildman–Crippen MR) is 111 cm³/mol. The van der Waals surface area contributed by atoms with Crippen LogP contribution in [-0.2, 0) is 4.84 Å². The van der Waals surface area contributed by atoms with E-state index in [0.29, 0.717) is 17.2 Å². The molecule has 26 heavy (non-hydrogen) atoms. The van der Waals surface area contributed by atoms with Gasteiger partial charge in [-0.05, 0) is 64.3 Å². The highest BCUT2D eigenvalue weighted by Crippen LogP contribution is 2.16. The third kappa shape index (κ3) is 6.51. The summed E-state index contributed by atoms with van der Waals surface area (Å²) in [5.41, 5.74) is 4.15. The van der Waals surface area contributed by atoms with Crippen LogP contribution in [0.2, 0.25) is 0 Å². The van der Waals surface area contributed by atoms with E-state index in [2.05, 4.69) is 38.7 Å². The Bertz CT molecular complexity index is 721. The number of thiol groups is 1. The van der Waals surface area contributed by atoms with E-state index in [4.69, 9.17) is 12.7 Å². The highest BCUT2D eigenvalue weighted by molar-refractivity contribution is 7.80. The molecule has 138 valence electrons. The molecule has 0 amide bonds. The zero-order chi connectivity index (χ0) is 19.3. The van der Waals surface area contributed by atoms with E-state index in [-0.39, 0.29) is 17.7 Å². The first-order valence-corrected chi connectivity index (χ1v) is 8.97. The molecule has 0 aliphatic carbocycles. The second-order valence-electron chi connectivity index (χ2n) is 7.22. The molecule has 2 aromatic rings. The average molecular weight is 371 g/mol. The van der Waals surface area contributed by atoms with Gasteiger partial charge >= 0.3 is 0 Å². The molecule has 0 fully saturated rings. The Labute approximate surface area is 162 Å². The standard InChI is InChI=1S/C18H26BN5OS/c1-11(12(2)24-25-18(3,4)5)21-16-15(19)10-20-17(23-16)22-13-6-8-14(26)9-7-13/h6-12,24,26H,1-5H3,(H2,20,21,22,23). The van der Waals surface area contributed by atoms with E-state index in [1.807, 2.05) is 58.9 Å². The van der Waals surface area contributed by atoms with Crippen LogP contribution in [-0.4, -0.2) is 35.5 Å². The third-order valence-electron chi connectivity index (χ3n) is 3.61. The van der Waals surface area contributed by atoms with Crippen LogP contribution < -0.4 is 21.6 Å². The van der Waals surface area contributed by atoms with Crippen molar-refractivity contribution in [2.75, 3.05) is 10.6 Å². The maximum absolute atomic E-state index is 6.02. The van der Waals surface area contributed by atoms with Crippen molar-refractivity contribution in [1.29, 1.82) is 0 Å². The number of rotatable bonds is 7. The molecule has 6 nitrogen and oxygen atoms in total. The van der Waals surface area contributed by atoms with Gasteiger partial charge in [0.1, 0.15) is 13.7 Å². The molecule has 2 atom stereocenters. The second-order valence-corrected chi connectivity index (χ2v) is 7.74. The van der Waals surface area contributed by atoms with Crippen molar-refractivity contribution in [3.63, 3.8) is 0 Å². The molecule has 0 spiro atoms. The zero-order valence-electron chi connectivity index (χ0n) is 15.9. The minimum Gasteiger partial charge on any atom is -0.366 e. The van der Waals surface area contributed by atoms with Gasteiger partial charge in [-0.3, -0.25) is 4.84 Å². The summed E-state index contributed by atoms with van der Waals surface area (Å²) in [4.78, 5) is 15.2. The van der Waals surface area contributed by atoms with Gasteiger partial charge in [0.25, 0.3) is 0 Å². The van der Waals surface area contributed by atoms with Crippen molar-refractivity contribution < 1.29 is 4.84 Å². The van der Waals surface area contributed by atoms with E-state index in [1.165, 1.54) is 0 Å². The van der Waals surface area contributed by atoms with Crippen LogP contribution >= 0.6 is 12.6 Å². The summed E-state index contributed by atoms with van der Waals surface area (Å²) in [5, 5.41) is 6.46. The quantitative estimate of drug-likeness (QED) is 0.341. The van der Waals surface area contributed by atoms with Gasteiger partial charge in [0, 0.05) is 28.9 Å². The Morgan fingerprint density at radius 2 is 1.77 bits per heavy atom. The number of anilines is 3. The normalized spacial score (nSPS) is 13.9. The van der Waals surface area contributed by atoms with Gasteiger partial charge < -0.3 is 10.6 Å². The van der Waals surface area contributed by atoms with Crippen molar-refractivity contribution in [3.05, 3.63) is 30.5 Å². The predicted octanol–water partition coefficient (Wildman–Crippen LogP) is 2.81. The van der Waals surface area contributed by atoms with Gasteiger partial charge in [0.2, 0.25) is 5.95 Å². The van der Waals surface area contributed by atoms with E-state index in [9.17, 15) is 0 Å². The molecule has 2 radical (unpaired) electrons. The van der Waals surface area contributed by atoms with Crippen LogP contribution in [0.3, 0.4) is 0 Å². The molecular formula is C18H26BN5OS. The Morgan fingerprint density at radius 3 is 2.38 bits per heavy atom. The van der Waals surface area contributed by atoms with Gasteiger partial charge in [0.05, 0.1) is 5.60 Å². The van der Waals surface area contributed by atoms with Crippen molar-refractivity contribution >= 4 is 43.4 Å². The first kappa shape index (κ1) is 20.5. The molecule has 2 rings (SSSR count). The van der Waals surface area contributed by atoms with Gasteiger partial charge in [-0.15, -0.1) is 12.6 Å². The number of nitrogens with one attached hydrogen (secondary N) is 3. The Balaban J connectivity index is 2.03. The monoisotopic (exact) mass is 371 g/mol. The van der Waals surface area contributed by atoms with E-state index in [1.54, 1.807) is 6.20 Å². The van der Waals surface area contributed by atoms with Crippen LogP contribution in [0, 0.1) is 0 Å². The molecule has 0 aliphatic heterocycles. The highest BCUT2D eigenvalue weighted by Gasteiger charge is 2.18. The lowest BCUT2D eigenvalue weighted by Gasteiger charge is -2.27. The van der Waals surface area contributed by atoms with Crippen molar-refractivity contribution in [2.45, 2.75) is 57.2 Å². The molecule has 0 bridgehead atoms. The summed E-state index contributed by atoms with van der Waals surface area (Å²) in [6.45, 7) is 10.0. The molecule has 0 saturated carbocycles. The van der Waals surface area contributed by atoms with Gasteiger partial charge in [-0.2, -0.15) is 10.5 Å². The van der Waals surface area contributed by atoms with Gasteiger partial charge in [0.15, 0.2) is 0 Å². The summed E-state index contributed by atoms with van der Waals surface area (Å²) < 4.78 is 0. The number of hydrogen-bond acceptors (Lipinski definition) is 7. The largest absolute Gasteiger partial charge is 0.366 e. The first-order chi connectivity index (χ1) is 12.1. The Kier molecular flexibility index (Phi) is 6.91. The molecule has 0 aliphatic rings. The smallest absolute Gasteiger partial charge is 0.229 e. The summed E-state index contributed by atoms with van der Waals surface area (Å²) in [6.07, 6.45) is 1.58. The highest BCUT2D eigenvalue weighted by atomic mass is 32.1. The average Bonchev–Trinajstić information content (AvgIpc) is 2.57. The molecular weight excluding hydrogens is 345 g/mol. The lowest BCUT2D eigenvalue weighted by atomic mass is 9.98. The number of hydrogen-bond donors (Lipinski definition) is 4. The minimum atomic E-state index is -0.262. The molecule has 1 aromatic carbocycles. The fraction of sp³-hybridized carbons (Fsp3) is 0.444. The molecule has 1 heterocycles. The first-order valence-electron chi connectivity index (χ1n) is 8.52. The molecule has 1 aromatic heterocycles. The number of hydroxylamine groups is 1. The lowest BCUT2D eigenvalue weighted by Crippen LogP contribution is -2.44. The molecule has 3 N–H and O–H groups in total. The summed E-state index contributed by atoms with van der Waals surface area (Å²) in [6, 6.07) is 7.69. The third-order valence-corrected chi connectivity index (χ3v) is 3.90. The van der Waals surface area contributed by atoms with E-state index < -0.39 is 0 Å². The maximum atomic E-state index is 6.02. The Hall–Kier alpha value is -1.77. The van der Waals surface area contributed by atoms with Crippen LogP contribution in [0.5, 0.6) is 0 Å². The van der Waals surface area contributed by atoms with Crippen LogP contribution in [0.25, 0.3) is 0 Å². The summed E-state index contributed by atoms with van der Waals surface area (Å²) in [5.74, 6) is 1.04. The van der Waals surface area contributed by atoms with Gasteiger partial charge in [-0.1, -0.05) is 0 Å². The van der Waals surface area contributed by atoms with E-state index >= 15 is 0 Å². The fourth-order valence-electron chi connectivity index (χ4n) is 1.95. The van der Waals surface area contributed by atoms with Crippen molar-refractivity contribution in [1.82, 2.24) is 15.4 Å². The zero-order valence-corrected chi connectivity index (χ0v) is 16.8. The second kappa shape index (κ2) is 8.75. The van der Waals surface area contributed by atoms with Crippen LogP contribution in [0.15, 0.2) is 35.4 Å². The molecule has 2 unspecified atom stereocenters. The van der Waals surface area contributed by atoms with Gasteiger partial charge in [-0.25, -0.2) is 4.98 Å². The van der Waals surface area contributed by atoms with E-state index in [0.717, 1.165) is 10.6 Å². The summed E-state index contributed by atoms with van der Waals surface area (Å²) in [7, 11) is 6.02. The number of aromatic nitrogens is 2. The van der Waals surface area contributed by atoms with Crippen LogP contribution in [0.4, 0.5) is 17.5 Å². The Morgan fingerprint density at radius 1 is 1.12 bits per heavy atom. The minimum absolute atomic E-state index is 0.0332. The van der Waals surface area contributed by atoms with Crippen molar-refractivity contribution in [2.24, 2.45) is 0 Å². The SMILES string of the molecule is [B]c1cnc(Nc2ccc(S)cc2)nc1NC(C)C(C)NOC(C)(C)C. The lowest BCUT2D eigenvalue weighted by molar-refractivity contribution is -0.0873. The maximum Gasteiger partial charge on any atom is 0.229 e. The van der Waals surface area contributed by atoms with Crippen molar-refractivity contribution in [3.8, 4) is 0 Å². The topological polar surface area (TPSA) is 71.1 Å². The fourth-order valence-corrected chi connectivity index (χ4v) is 2.10. The molecule has 8 heteroatoms. The number of benzene rings is 1. The van der Waals surface area contributed by atoms with Crippen LogP contribution in [0.1, 0.15) is 34.6 Å². The summed E-state index contributed by atoms with van der Waals surface area (Å²) >= 11 is 4.28.